The van der Waals surface area contributed by atoms with Gasteiger partial charge in [0.15, 0.2) is 0 Å². The molecule has 3 nitrogen and oxygen atoms in total. The Bertz CT molecular complexity index is 307. The van der Waals surface area contributed by atoms with E-state index in [9.17, 15) is 4.79 Å². The minimum absolute atomic E-state index is 0.0795. The first-order valence-electron chi connectivity index (χ1n) is 5.63. The molecule has 1 aromatic heterocycles. The van der Waals surface area contributed by atoms with Crippen LogP contribution in [0.15, 0.2) is 23.0 Å². The zero-order chi connectivity index (χ0) is 12.0. The van der Waals surface area contributed by atoms with E-state index in [0.717, 1.165) is 12.8 Å². The summed E-state index contributed by atoms with van der Waals surface area (Å²) in [5.41, 5.74) is 0.573. The Morgan fingerprint density at radius 3 is 2.69 bits per heavy atom. The zero-order valence-corrected chi connectivity index (χ0v) is 11.3. The van der Waals surface area contributed by atoms with Gasteiger partial charge in [-0.2, -0.15) is 0 Å². The standard InChI is InChI=1S/C12H18BrNO2/c1-3-9(4-2)11(13)7-14-12(15)10-5-6-16-8-10/h5-6,8-9,11H,3-4,7H2,1-2H3,(H,14,15). The van der Waals surface area contributed by atoms with E-state index in [1.165, 1.54) is 12.5 Å². The first-order chi connectivity index (χ1) is 7.69. The van der Waals surface area contributed by atoms with Crippen LogP contribution in [0.1, 0.15) is 37.0 Å². The lowest BCUT2D eigenvalue weighted by Gasteiger charge is -2.19. The fraction of sp³-hybridized carbons (Fsp3) is 0.583. The maximum atomic E-state index is 11.6. The van der Waals surface area contributed by atoms with E-state index in [0.29, 0.717) is 22.9 Å². The molecule has 0 spiro atoms. The number of rotatable bonds is 6. The quantitative estimate of drug-likeness (QED) is 0.817. The second-order valence-electron chi connectivity index (χ2n) is 3.81. The van der Waals surface area contributed by atoms with E-state index in [1.54, 1.807) is 6.07 Å². The minimum Gasteiger partial charge on any atom is -0.472 e. The molecule has 0 aromatic carbocycles. The molecule has 90 valence electrons. The molecule has 0 radical (unpaired) electrons. The highest BCUT2D eigenvalue weighted by Gasteiger charge is 2.16. The number of hydrogen-bond acceptors (Lipinski definition) is 2. The van der Waals surface area contributed by atoms with Crippen molar-refractivity contribution in [2.45, 2.75) is 31.5 Å². The van der Waals surface area contributed by atoms with Crippen LogP contribution < -0.4 is 5.32 Å². The summed E-state index contributed by atoms with van der Waals surface area (Å²) in [6.07, 6.45) is 5.19. The van der Waals surface area contributed by atoms with Crippen molar-refractivity contribution in [3.05, 3.63) is 24.2 Å². The molecular weight excluding hydrogens is 270 g/mol. The molecule has 0 saturated heterocycles. The van der Waals surface area contributed by atoms with Gasteiger partial charge in [0, 0.05) is 11.4 Å². The number of alkyl halides is 1. The summed E-state index contributed by atoms with van der Waals surface area (Å²) in [5.74, 6) is 0.522. The lowest BCUT2D eigenvalue weighted by molar-refractivity contribution is 0.0951. The van der Waals surface area contributed by atoms with Crippen LogP contribution in [0.2, 0.25) is 0 Å². The van der Waals surface area contributed by atoms with E-state index >= 15 is 0 Å². The van der Waals surface area contributed by atoms with Crippen molar-refractivity contribution in [1.82, 2.24) is 5.32 Å². The summed E-state index contributed by atoms with van der Waals surface area (Å²) in [4.78, 5) is 11.9. The molecule has 1 rings (SSSR count). The lowest BCUT2D eigenvalue weighted by atomic mass is 9.99. The van der Waals surface area contributed by atoms with Crippen LogP contribution in [-0.2, 0) is 0 Å². The third kappa shape index (κ3) is 3.67. The molecule has 1 amide bonds. The van der Waals surface area contributed by atoms with Crippen molar-refractivity contribution in [3.8, 4) is 0 Å². The summed E-state index contributed by atoms with van der Waals surface area (Å²) in [7, 11) is 0. The molecular formula is C12H18BrNO2. The van der Waals surface area contributed by atoms with Crippen molar-refractivity contribution >= 4 is 21.8 Å². The van der Waals surface area contributed by atoms with Crippen LogP contribution in [0.25, 0.3) is 0 Å². The van der Waals surface area contributed by atoms with Gasteiger partial charge in [-0.3, -0.25) is 4.79 Å². The number of carbonyl (C=O) groups is 1. The van der Waals surface area contributed by atoms with Crippen molar-refractivity contribution in [2.75, 3.05) is 6.54 Å². The predicted octanol–water partition coefficient (Wildman–Crippen LogP) is 3.21. The fourth-order valence-corrected chi connectivity index (χ4v) is 2.56. The number of furan rings is 1. The second kappa shape index (κ2) is 6.74. The monoisotopic (exact) mass is 287 g/mol. The number of carbonyl (C=O) groups excluding carboxylic acids is 1. The van der Waals surface area contributed by atoms with Crippen LogP contribution in [0.4, 0.5) is 0 Å². The minimum atomic E-state index is -0.0795. The average Bonchev–Trinajstić information content (AvgIpc) is 2.81. The first kappa shape index (κ1) is 13.3. The SMILES string of the molecule is CCC(CC)C(Br)CNC(=O)c1ccoc1. The highest BCUT2D eigenvalue weighted by Crippen LogP contribution is 2.19. The molecule has 4 heteroatoms. The normalized spacial score (nSPS) is 12.8. The Balaban J connectivity index is 2.37. The van der Waals surface area contributed by atoms with E-state index in [1.807, 2.05) is 0 Å². The molecule has 1 N–H and O–H groups in total. The van der Waals surface area contributed by atoms with Gasteiger partial charge in [0.2, 0.25) is 0 Å². The molecule has 0 bridgehead atoms. The fourth-order valence-electron chi connectivity index (χ4n) is 1.65. The number of hydrogen-bond donors (Lipinski definition) is 1. The van der Waals surface area contributed by atoms with Crippen molar-refractivity contribution in [3.63, 3.8) is 0 Å². The molecule has 1 unspecified atom stereocenters. The predicted molar refractivity (Wildman–Crippen MR) is 67.8 cm³/mol. The third-order valence-electron chi connectivity index (χ3n) is 2.80. The van der Waals surface area contributed by atoms with Gasteiger partial charge in [0.1, 0.15) is 6.26 Å². The Kier molecular flexibility index (Phi) is 5.60. The number of halogens is 1. The smallest absolute Gasteiger partial charge is 0.254 e. The van der Waals surface area contributed by atoms with Crippen LogP contribution in [0.3, 0.4) is 0 Å². The van der Waals surface area contributed by atoms with Gasteiger partial charge in [-0.25, -0.2) is 0 Å². The summed E-state index contributed by atoms with van der Waals surface area (Å²) >= 11 is 3.62. The summed E-state index contributed by atoms with van der Waals surface area (Å²) in [6, 6.07) is 1.66. The van der Waals surface area contributed by atoms with Crippen LogP contribution in [0.5, 0.6) is 0 Å². The van der Waals surface area contributed by atoms with Crippen LogP contribution in [0, 0.1) is 5.92 Å². The summed E-state index contributed by atoms with van der Waals surface area (Å²) in [5, 5.41) is 2.89. The first-order valence-corrected chi connectivity index (χ1v) is 6.55. The van der Waals surface area contributed by atoms with Gasteiger partial charge < -0.3 is 9.73 Å². The Morgan fingerprint density at radius 2 is 2.19 bits per heavy atom. The van der Waals surface area contributed by atoms with Crippen molar-refractivity contribution in [2.24, 2.45) is 5.92 Å². The molecule has 0 saturated carbocycles. The number of amides is 1. The number of nitrogens with one attached hydrogen (secondary N) is 1. The Morgan fingerprint density at radius 1 is 1.50 bits per heavy atom. The highest BCUT2D eigenvalue weighted by atomic mass is 79.9. The van der Waals surface area contributed by atoms with E-state index in [4.69, 9.17) is 4.42 Å². The zero-order valence-electron chi connectivity index (χ0n) is 9.70. The van der Waals surface area contributed by atoms with E-state index < -0.39 is 0 Å². The molecule has 1 atom stereocenters. The molecule has 0 aliphatic heterocycles. The molecule has 0 aliphatic carbocycles. The summed E-state index contributed by atoms with van der Waals surface area (Å²) < 4.78 is 4.86. The average molecular weight is 288 g/mol. The molecule has 1 aromatic rings. The third-order valence-corrected chi connectivity index (χ3v) is 3.87. The van der Waals surface area contributed by atoms with Crippen molar-refractivity contribution < 1.29 is 9.21 Å². The molecule has 16 heavy (non-hydrogen) atoms. The van der Waals surface area contributed by atoms with E-state index in [-0.39, 0.29) is 5.91 Å². The van der Waals surface area contributed by atoms with E-state index in [2.05, 4.69) is 35.1 Å². The largest absolute Gasteiger partial charge is 0.472 e. The van der Waals surface area contributed by atoms with Gasteiger partial charge in [-0.15, -0.1) is 0 Å². The van der Waals surface area contributed by atoms with Gasteiger partial charge in [0.05, 0.1) is 11.8 Å². The lowest BCUT2D eigenvalue weighted by Crippen LogP contribution is -2.32. The molecule has 0 aliphatic rings. The Hall–Kier alpha value is -0.770. The van der Waals surface area contributed by atoms with Crippen LogP contribution in [-0.4, -0.2) is 17.3 Å². The van der Waals surface area contributed by atoms with Crippen molar-refractivity contribution in [1.29, 1.82) is 0 Å². The Labute approximate surface area is 105 Å². The van der Waals surface area contributed by atoms with Gasteiger partial charge >= 0.3 is 0 Å². The topological polar surface area (TPSA) is 42.2 Å². The van der Waals surface area contributed by atoms with Crippen LogP contribution >= 0.6 is 15.9 Å². The second-order valence-corrected chi connectivity index (χ2v) is 4.99. The highest BCUT2D eigenvalue weighted by molar-refractivity contribution is 9.09. The maximum Gasteiger partial charge on any atom is 0.254 e. The maximum absolute atomic E-state index is 11.6. The molecule has 1 heterocycles. The summed E-state index contributed by atoms with van der Waals surface area (Å²) in [6.45, 7) is 4.98. The van der Waals surface area contributed by atoms with Gasteiger partial charge in [0.25, 0.3) is 5.91 Å². The molecule has 0 fully saturated rings. The van der Waals surface area contributed by atoms with Gasteiger partial charge in [-0.1, -0.05) is 42.6 Å². The van der Waals surface area contributed by atoms with Gasteiger partial charge in [-0.05, 0) is 12.0 Å².